The van der Waals surface area contributed by atoms with Gasteiger partial charge in [-0.15, -0.1) is 10.2 Å². The zero-order valence-electron chi connectivity index (χ0n) is 15.3. The number of pyridine rings is 1. The molecule has 0 unspecified atom stereocenters. The molecule has 9 heteroatoms. The largest absolute Gasteiger partial charge is 0.325 e. The van der Waals surface area contributed by atoms with Crippen molar-refractivity contribution in [3.05, 3.63) is 59.4 Å². The second-order valence-corrected chi connectivity index (χ2v) is 8.37. The summed E-state index contributed by atoms with van der Waals surface area (Å²) in [6, 6.07) is 12.4. The Morgan fingerprint density at radius 2 is 2.11 bits per heavy atom. The van der Waals surface area contributed by atoms with Gasteiger partial charge in [-0.2, -0.15) is 5.26 Å². The Balaban J connectivity index is 1.54. The van der Waals surface area contributed by atoms with Crippen LogP contribution in [0, 0.1) is 11.3 Å². The third-order valence-electron chi connectivity index (χ3n) is 3.73. The van der Waals surface area contributed by atoms with Gasteiger partial charge in [-0.05, 0) is 41.8 Å². The first kappa shape index (κ1) is 19.8. The number of thioether (sulfide) groups is 1. The SMILES string of the molecule is CC(C)c1ccnc(CSc2nnc(NC(=O)Nc3cccc(C#N)c3)s2)c1. The molecule has 0 spiro atoms. The van der Waals surface area contributed by atoms with Gasteiger partial charge in [0.1, 0.15) is 0 Å². The number of aromatic nitrogens is 3. The minimum Gasteiger partial charge on any atom is -0.308 e. The summed E-state index contributed by atoms with van der Waals surface area (Å²) in [6.45, 7) is 4.30. The van der Waals surface area contributed by atoms with E-state index in [1.54, 1.807) is 24.3 Å². The number of urea groups is 1. The number of hydrogen-bond acceptors (Lipinski definition) is 7. The maximum absolute atomic E-state index is 12.1. The monoisotopic (exact) mass is 410 g/mol. The highest BCUT2D eigenvalue weighted by atomic mass is 32.2. The van der Waals surface area contributed by atoms with Crippen LogP contribution in [0.25, 0.3) is 0 Å². The third kappa shape index (κ3) is 5.52. The number of hydrogen-bond donors (Lipinski definition) is 2. The molecule has 1 aromatic carbocycles. The molecule has 0 fully saturated rings. The van der Waals surface area contributed by atoms with Crippen molar-refractivity contribution in [3.8, 4) is 6.07 Å². The molecule has 0 saturated heterocycles. The average molecular weight is 411 g/mol. The summed E-state index contributed by atoms with van der Waals surface area (Å²) < 4.78 is 0.749. The van der Waals surface area contributed by atoms with Crippen molar-refractivity contribution in [3.63, 3.8) is 0 Å². The summed E-state index contributed by atoms with van der Waals surface area (Å²) >= 11 is 2.82. The number of anilines is 2. The van der Waals surface area contributed by atoms with E-state index >= 15 is 0 Å². The topological polar surface area (TPSA) is 104 Å². The van der Waals surface area contributed by atoms with E-state index in [0.29, 0.717) is 28.1 Å². The van der Waals surface area contributed by atoms with E-state index in [-0.39, 0.29) is 0 Å². The molecule has 0 atom stereocenters. The molecule has 28 heavy (non-hydrogen) atoms. The fourth-order valence-corrected chi connectivity index (χ4v) is 3.96. The van der Waals surface area contributed by atoms with Crippen LogP contribution in [0.4, 0.5) is 15.6 Å². The highest BCUT2D eigenvalue weighted by Gasteiger charge is 2.10. The van der Waals surface area contributed by atoms with E-state index < -0.39 is 6.03 Å². The lowest BCUT2D eigenvalue weighted by atomic mass is 10.0. The van der Waals surface area contributed by atoms with E-state index in [1.807, 2.05) is 18.3 Å². The van der Waals surface area contributed by atoms with Gasteiger partial charge in [-0.3, -0.25) is 10.3 Å². The molecular weight excluding hydrogens is 392 g/mol. The molecule has 2 amide bonds. The third-order valence-corrected chi connectivity index (χ3v) is 5.73. The molecule has 2 N–H and O–H groups in total. The molecule has 0 saturated carbocycles. The number of nitrogens with one attached hydrogen (secondary N) is 2. The second-order valence-electron chi connectivity index (χ2n) is 6.17. The van der Waals surface area contributed by atoms with Crippen LogP contribution in [-0.2, 0) is 5.75 Å². The fourth-order valence-electron chi connectivity index (χ4n) is 2.32. The van der Waals surface area contributed by atoms with Gasteiger partial charge in [0, 0.05) is 17.6 Å². The summed E-state index contributed by atoms with van der Waals surface area (Å²) in [6.07, 6.45) is 1.82. The molecule has 0 bridgehead atoms. The molecule has 7 nitrogen and oxygen atoms in total. The molecule has 3 aromatic rings. The van der Waals surface area contributed by atoms with Gasteiger partial charge in [-0.1, -0.05) is 43.0 Å². The van der Waals surface area contributed by atoms with Gasteiger partial charge in [0.25, 0.3) is 0 Å². The molecule has 142 valence electrons. The molecule has 0 radical (unpaired) electrons. The van der Waals surface area contributed by atoms with Crippen molar-refractivity contribution >= 4 is 39.9 Å². The number of rotatable bonds is 6. The Morgan fingerprint density at radius 1 is 1.25 bits per heavy atom. The molecule has 0 aliphatic heterocycles. The first-order valence-electron chi connectivity index (χ1n) is 8.53. The van der Waals surface area contributed by atoms with Gasteiger partial charge in [0.2, 0.25) is 5.13 Å². The Labute approximate surface area is 171 Å². The number of benzene rings is 1. The summed E-state index contributed by atoms with van der Waals surface area (Å²) in [7, 11) is 0. The standard InChI is InChI=1S/C19H18N6OS2/c1-12(2)14-6-7-21-16(9-14)11-27-19-25-24-18(28-19)23-17(26)22-15-5-3-4-13(8-15)10-20/h3-9,12H,11H2,1-2H3,(H2,22,23,24,26). The van der Waals surface area contributed by atoms with E-state index in [0.717, 1.165) is 10.0 Å². The molecular formula is C19H18N6OS2. The van der Waals surface area contributed by atoms with Crippen molar-refractivity contribution in [1.82, 2.24) is 15.2 Å². The number of amides is 2. The lowest BCUT2D eigenvalue weighted by molar-refractivity contribution is 0.262. The maximum Gasteiger partial charge on any atom is 0.325 e. The highest BCUT2D eigenvalue weighted by molar-refractivity contribution is 8.00. The second kappa shape index (κ2) is 9.30. The zero-order chi connectivity index (χ0) is 19.9. The predicted octanol–water partition coefficient (Wildman–Crippen LogP) is 4.86. The summed E-state index contributed by atoms with van der Waals surface area (Å²) in [5, 5.41) is 22.7. The molecule has 0 aliphatic rings. The fraction of sp³-hybridized carbons (Fsp3) is 0.211. The van der Waals surface area contributed by atoms with Gasteiger partial charge < -0.3 is 5.32 Å². The first-order chi connectivity index (χ1) is 13.5. The maximum atomic E-state index is 12.1. The van der Waals surface area contributed by atoms with E-state index in [1.165, 1.54) is 28.7 Å². The summed E-state index contributed by atoms with van der Waals surface area (Å²) in [5.41, 5.74) is 3.24. The van der Waals surface area contributed by atoms with Crippen molar-refractivity contribution < 1.29 is 4.79 Å². The van der Waals surface area contributed by atoms with Crippen molar-refractivity contribution in [2.45, 2.75) is 29.9 Å². The van der Waals surface area contributed by atoms with Crippen molar-refractivity contribution in [2.24, 2.45) is 0 Å². The average Bonchev–Trinajstić information content (AvgIpc) is 3.13. The first-order valence-corrected chi connectivity index (χ1v) is 10.3. The van der Waals surface area contributed by atoms with Crippen LogP contribution in [0.15, 0.2) is 46.9 Å². The smallest absolute Gasteiger partial charge is 0.308 e. The number of carbonyl (C=O) groups excluding carboxylic acids is 1. The lowest BCUT2D eigenvalue weighted by Crippen LogP contribution is -2.19. The van der Waals surface area contributed by atoms with Crippen LogP contribution >= 0.6 is 23.1 Å². The Hall–Kier alpha value is -2.96. The lowest BCUT2D eigenvalue weighted by Gasteiger charge is -2.06. The van der Waals surface area contributed by atoms with E-state index in [4.69, 9.17) is 5.26 Å². The van der Waals surface area contributed by atoms with Crippen LogP contribution in [-0.4, -0.2) is 21.2 Å². The summed E-state index contributed by atoms with van der Waals surface area (Å²) in [4.78, 5) is 16.5. The molecule has 0 aliphatic carbocycles. The highest BCUT2D eigenvalue weighted by Crippen LogP contribution is 2.28. The van der Waals surface area contributed by atoms with Crippen molar-refractivity contribution in [2.75, 3.05) is 10.6 Å². The zero-order valence-corrected chi connectivity index (χ0v) is 17.0. The molecule has 2 heterocycles. The number of carbonyl (C=O) groups is 1. The number of nitriles is 1. The van der Waals surface area contributed by atoms with Crippen molar-refractivity contribution in [1.29, 1.82) is 5.26 Å². The van der Waals surface area contributed by atoms with Crippen LogP contribution in [0.2, 0.25) is 0 Å². The van der Waals surface area contributed by atoms with Gasteiger partial charge in [0.15, 0.2) is 4.34 Å². The Kier molecular flexibility index (Phi) is 6.57. The quantitative estimate of drug-likeness (QED) is 0.444. The number of nitrogens with zero attached hydrogens (tertiary/aromatic N) is 4. The minimum atomic E-state index is -0.436. The van der Waals surface area contributed by atoms with Gasteiger partial charge >= 0.3 is 6.03 Å². The normalized spacial score (nSPS) is 10.5. The molecule has 3 rings (SSSR count). The minimum absolute atomic E-state index is 0.403. The van der Waals surface area contributed by atoms with Crippen LogP contribution in [0.1, 0.15) is 36.6 Å². The Morgan fingerprint density at radius 3 is 2.89 bits per heavy atom. The Bertz CT molecular complexity index is 1010. The van der Waals surface area contributed by atoms with Gasteiger partial charge in [0.05, 0.1) is 17.3 Å². The van der Waals surface area contributed by atoms with Crippen LogP contribution < -0.4 is 10.6 Å². The molecule has 2 aromatic heterocycles. The predicted molar refractivity (Wildman–Crippen MR) is 112 cm³/mol. The van der Waals surface area contributed by atoms with Gasteiger partial charge in [-0.25, -0.2) is 4.79 Å². The van der Waals surface area contributed by atoms with E-state index in [2.05, 4.69) is 45.7 Å². The van der Waals surface area contributed by atoms with Crippen LogP contribution in [0.5, 0.6) is 0 Å². The van der Waals surface area contributed by atoms with E-state index in [9.17, 15) is 4.79 Å². The van der Waals surface area contributed by atoms with Crippen LogP contribution in [0.3, 0.4) is 0 Å². The summed E-state index contributed by atoms with van der Waals surface area (Å²) in [5.74, 6) is 1.14.